The molecule has 1 saturated heterocycles. The third-order valence-corrected chi connectivity index (χ3v) is 7.81. The van der Waals surface area contributed by atoms with E-state index in [9.17, 15) is 9.59 Å². The van der Waals surface area contributed by atoms with Gasteiger partial charge in [0.2, 0.25) is 0 Å². The highest BCUT2D eigenvalue weighted by atomic mass is 16.5. The van der Waals surface area contributed by atoms with Crippen LogP contribution in [0.4, 0.5) is 0 Å². The van der Waals surface area contributed by atoms with Gasteiger partial charge in [-0.1, -0.05) is 30.3 Å². The van der Waals surface area contributed by atoms with Gasteiger partial charge in [-0.25, -0.2) is 5.01 Å². The second-order valence-electron chi connectivity index (χ2n) is 10.4. The second kappa shape index (κ2) is 14.2. The predicted octanol–water partition coefficient (Wildman–Crippen LogP) is 3.86. The number of hydrogen-bond donors (Lipinski definition) is 0. The van der Waals surface area contributed by atoms with Crippen molar-refractivity contribution < 1.29 is 28.5 Å². The molecule has 0 aliphatic carbocycles. The number of carbonyl (C=O) groups excluding carboxylic acids is 2. The van der Waals surface area contributed by atoms with Gasteiger partial charge in [0.25, 0.3) is 11.8 Å². The average Bonchev–Trinajstić information content (AvgIpc) is 3.52. The lowest BCUT2D eigenvalue weighted by Gasteiger charge is -2.31. The van der Waals surface area contributed by atoms with Crippen molar-refractivity contribution in [2.75, 3.05) is 67.3 Å². The first-order valence-corrected chi connectivity index (χ1v) is 14.4. The lowest BCUT2D eigenvalue weighted by Crippen LogP contribution is -2.46. The Morgan fingerprint density at radius 3 is 2.28 bits per heavy atom. The molecule has 10 nitrogen and oxygen atoms in total. The van der Waals surface area contributed by atoms with Crippen LogP contribution in [0.25, 0.3) is 0 Å². The summed E-state index contributed by atoms with van der Waals surface area (Å²) in [7, 11) is 4.79. The maximum absolute atomic E-state index is 14.1. The van der Waals surface area contributed by atoms with Crippen molar-refractivity contribution in [3.05, 3.63) is 89.5 Å². The van der Waals surface area contributed by atoms with Crippen LogP contribution in [-0.4, -0.2) is 99.6 Å². The molecule has 10 heteroatoms. The summed E-state index contributed by atoms with van der Waals surface area (Å²) in [6.07, 6.45) is 0.499. The van der Waals surface area contributed by atoms with Gasteiger partial charge in [-0.15, -0.1) is 0 Å². The van der Waals surface area contributed by atoms with Crippen LogP contribution in [0.3, 0.4) is 0 Å². The fourth-order valence-electron chi connectivity index (χ4n) is 5.37. The fraction of sp³-hybridized carbons (Fsp3) is 0.364. The topological polar surface area (TPSA) is 93.1 Å². The normalized spacial score (nSPS) is 16.9. The molecule has 0 N–H and O–H groups in total. The molecule has 0 radical (unpaired) electrons. The summed E-state index contributed by atoms with van der Waals surface area (Å²) in [6.45, 7) is 3.81. The Morgan fingerprint density at radius 2 is 1.60 bits per heavy atom. The molecule has 226 valence electrons. The van der Waals surface area contributed by atoms with E-state index >= 15 is 0 Å². The quantitative estimate of drug-likeness (QED) is 0.337. The maximum atomic E-state index is 14.1. The lowest BCUT2D eigenvalue weighted by molar-refractivity contribution is -0.133. The molecule has 2 amide bonds. The van der Waals surface area contributed by atoms with E-state index in [2.05, 4.69) is 4.90 Å². The summed E-state index contributed by atoms with van der Waals surface area (Å²) in [5.74, 6) is 1.45. The summed E-state index contributed by atoms with van der Waals surface area (Å²) < 4.78 is 21.8. The van der Waals surface area contributed by atoms with Gasteiger partial charge in [-0.3, -0.25) is 14.5 Å². The van der Waals surface area contributed by atoms with Crippen LogP contribution in [0, 0.1) is 0 Å². The number of hydrazone groups is 1. The van der Waals surface area contributed by atoms with Gasteiger partial charge in [0.1, 0.15) is 23.8 Å². The van der Waals surface area contributed by atoms with E-state index in [0.717, 1.165) is 29.9 Å². The van der Waals surface area contributed by atoms with Gasteiger partial charge in [-0.05, 0) is 42.0 Å². The zero-order valence-electron chi connectivity index (χ0n) is 24.9. The minimum absolute atomic E-state index is 0.116. The van der Waals surface area contributed by atoms with Crippen LogP contribution in [0.5, 0.6) is 17.2 Å². The van der Waals surface area contributed by atoms with Crippen molar-refractivity contribution >= 4 is 17.5 Å². The third kappa shape index (κ3) is 7.15. The van der Waals surface area contributed by atoms with Crippen molar-refractivity contribution in [1.29, 1.82) is 0 Å². The highest BCUT2D eigenvalue weighted by molar-refractivity contribution is 6.05. The highest BCUT2D eigenvalue weighted by Gasteiger charge is 2.35. The number of methoxy groups -OCH3 is 3. The molecule has 2 aliphatic rings. The van der Waals surface area contributed by atoms with Crippen molar-refractivity contribution in [3.63, 3.8) is 0 Å². The molecule has 3 aromatic rings. The van der Waals surface area contributed by atoms with E-state index in [1.54, 1.807) is 56.6 Å². The van der Waals surface area contributed by atoms with E-state index < -0.39 is 0 Å². The Balaban J connectivity index is 1.43. The first-order valence-electron chi connectivity index (χ1n) is 14.4. The van der Waals surface area contributed by atoms with E-state index in [0.29, 0.717) is 55.5 Å². The van der Waals surface area contributed by atoms with E-state index in [1.165, 1.54) is 5.01 Å². The number of carbonyl (C=O) groups is 2. The van der Waals surface area contributed by atoms with E-state index in [-0.39, 0.29) is 24.4 Å². The molecule has 0 saturated carbocycles. The van der Waals surface area contributed by atoms with Crippen LogP contribution in [0.15, 0.2) is 77.9 Å². The Kier molecular flexibility index (Phi) is 9.91. The predicted molar refractivity (Wildman–Crippen MR) is 163 cm³/mol. The van der Waals surface area contributed by atoms with Crippen molar-refractivity contribution in [2.45, 2.75) is 12.5 Å². The highest BCUT2D eigenvalue weighted by Crippen LogP contribution is 2.36. The molecule has 0 bridgehead atoms. The first kappa shape index (κ1) is 30.1. The molecule has 1 atom stereocenters. The summed E-state index contributed by atoms with van der Waals surface area (Å²) in [4.78, 5) is 31.7. The van der Waals surface area contributed by atoms with Crippen LogP contribution in [0.2, 0.25) is 0 Å². The Hall–Kier alpha value is -4.41. The zero-order valence-corrected chi connectivity index (χ0v) is 24.9. The fourth-order valence-corrected chi connectivity index (χ4v) is 5.37. The summed E-state index contributed by atoms with van der Waals surface area (Å²) >= 11 is 0. The van der Waals surface area contributed by atoms with Crippen LogP contribution < -0.4 is 14.2 Å². The SMILES string of the molecule is COc1ccc(C(=O)N(CCN2CCOCC2)CC(=O)N2N=C(c3ccc(OC)cc3OC)CC2c2ccccc2)cc1. The zero-order chi connectivity index (χ0) is 30.2. The van der Waals surface area contributed by atoms with E-state index in [4.69, 9.17) is 24.0 Å². The summed E-state index contributed by atoms with van der Waals surface area (Å²) in [5, 5.41) is 6.36. The maximum Gasteiger partial charge on any atom is 0.262 e. The lowest BCUT2D eigenvalue weighted by atomic mass is 9.98. The first-order chi connectivity index (χ1) is 21.0. The van der Waals surface area contributed by atoms with Gasteiger partial charge in [0, 0.05) is 49.8 Å². The summed E-state index contributed by atoms with van der Waals surface area (Å²) in [5.41, 5.74) is 2.97. The number of nitrogens with zero attached hydrogens (tertiary/aromatic N) is 4. The van der Waals surface area contributed by atoms with Gasteiger partial charge in [0.15, 0.2) is 0 Å². The molecule has 2 aliphatic heterocycles. The molecule has 5 rings (SSSR count). The number of ether oxygens (including phenoxy) is 4. The van der Waals surface area contributed by atoms with Gasteiger partial charge >= 0.3 is 0 Å². The monoisotopic (exact) mass is 586 g/mol. The molecule has 43 heavy (non-hydrogen) atoms. The molecule has 1 fully saturated rings. The standard InChI is InChI=1S/C33H38N4O6/c1-40-26-11-9-25(10-12-26)33(39)36(16-15-35-17-19-43-20-18-35)23-32(38)37-30(24-7-5-4-6-8-24)22-29(34-37)28-14-13-27(41-2)21-31(28)42-3/h4-14,21,30H,15-20,22-23H2,1-3H3. The van der Waals surface area contributed by atoms with Crippen molar-refractivity contribution in [1.82, 2.24) is 14.8 Å². The number of hydrogen-bond acceptors (Lipinski definition) is 8. The molecule has 3 aromatic carbocycles. The van der Waals surface area contributed by atoms with Gasteiger partial charge < -0.3 is 23.8 Å². The number of rotatable bonds is 11. The molecule has 2 heterocycles. The van der Waals surface area contributed by atoms with Crippen molar-refractivity contribution in [2.24, 2.45) is 5.10 Å². The molecular weight excluding hydrogens is 548 g/mol. The Morgan fingerprint density at radius 1 is 0.907 bits per heavy atom. The largest absolute Gasteiger partial charge is 0.497 e. The van der Waals surface area contributed by atoms with Gasteiger partial charge in [-0.2, -0.15) is 5.10 Å². The molecular formula is C33H38N4O6. The third-order valence-electron chi connectivity index (χ3n) is 7.81. The second-order valence-corrected chi connectivity index (χ2v) is 10.4. The minimum atomic E-state index is -0.326. The average molecular weight is 587 g/mol. The Bertz CT molecular complexity index is 1420. The molecule has 0 aromatic heterocycles. The number of amides is 2. The summed E-state index contributed by atoms with van der Waals surface area (Å²) in [6, 6.07) is 22.0. The number of morpholine rings is 1. The van der Waals surface area contributed by atoms with E-state index in [1.807, 2.05) is 42.5 Å². The number of benzene rings is 3. The smallest absolute Gasteiger partial charge is 0.262 e. The van der Waals surface area contributed by atoms with Gasteiger partial charge in [0.05, 0.1) is 46.3 Å². The minimum Gasteiger partial charge on any atom is -0.497 e. The van der Waals surface area contributed by atoms with Crippen LogP contribution in [-0.2, 0) is 9.53 Å². The van der Waals surface area contributed by atoms with Crippen molar-refractivity contribution in [3.8, 4) is 17.2 Å². The Labute approximate surface area is 252 Å². The van der Waals surface area contributed by atoms with Crippen LogP contribution in [0.1, 0.15) is 33.9 Å². The molecule has 0 spiro atoms. The van der Waals surface area contributed by atoms with Crippen LogP contribution >= 0.6 is 0 Å². The molecule has 1 unspecified atom stereocenters.